The number of rotatable bonds is 5. The van der Waals surface area contributed by atoms with Crippen LogP contribution in [0.15, 0.2) is 18.3 Å². The number of pyridine rings is 2. The molecule has 0 aromatic carbocycles. The number of carboxylic acid groups (broad SMARTS) is 1. The van der Waals surface area contributed by atoms with Gasteiger partial charge >= 0.3 is 6.09 Å². The van der Waals surface area contributed by atoms with E-state index in [1.807, 2.05) is 12.1 Å². The molecule has 3 aliphatic heterocycles. The zero-order valence-corrected chi connectivity index (χ0v) is 17.4. The van der Waals surface area contributed by atoms with Gasteiger partial charge in [-0.15, -0.1) is 0 Å². The standard InChI is InChI=1S/C22H27FN4O4/c23-16-13-24-17-1-2-18(27-9-11-30-12-10-27)25-19(17)15(16)3-4-22-7-5-21(6-8-22,14-31-22)26-20(28)29/h1-2,13,26H,3-12,14H2,(H,28,29). The van der Waals surface area contributed by atoms with Crippen LogP contribution in [0.2, 0.25) is 0 Å². The third-order valence-electron chi connectivity index (χ3n) is 7.06. The Labute approximate surface area is 179 Å². The quantitative estimate of drug-likeness (QED) is 0.753. The second-order valence-corrected chi connectivity index (χ2v) is 8.90. The zero-order valence-electron chi connectivity index (χ0n) is 17.4. The van der Waals surface area contributed by atoms with Crippen LogP contribution in [0.1, 0.15) is 37.7 Å². The van der Waals surface area contributed by atoms with E-state index in [0.717, 1.165) is 44.6 Å². The molecule has 166 valence electrons. The largest absolute Gasteiger partial charge is 0.465 e. The summed E-state index contributed by atoms with van der Waals surface area (Å²) in [5, 5.41) is 11.8. The number of hydrogen-bond acceptors (Lipinski definition) is 6. The highest BCUT2D eigenvalue weighted by Crippen LogP contribution is 2.46. The van der Waals surface area contributed by atoms with E-state index in [2.05, 4.69) is 15.2 Å². The van der Waals surface area contributed by atoms with Crippen LogP contribution in [-0.4, -0.2) is 65.2 Å². The number of amides is 1. The number of aryl methyl sites for hydroxylation is 1. The molecule has 1 amide bonds. The molecular weight excluding hydrogens is 403 g/mol. The molecule has 2 N–H and O–H groups in total. The SMILES string of the molecule is O=C(O)NC12CCC(CCc3c(F)cnc4ccc(N5CCOCC5)nc34)(CC1)OC2. The summed E-state index contributed by atoms with van der Waals surface area (Å²) >= 11 is 0. The van der Waals surface area contributed by atoms with Gasteiger partial charge in [0.15, 0.2) is 0 Å². The number of ether oxygens (including phenoxy) is 2. The Balaban J connectivity index is 1.36. The van der Waals surface area contributed by atoms with Gasteiger partial charge in [0.05, 0.1) is 48.2 Å². The van der Waals surface area contributed by atoms with E-state index in [4.69, 9.17) is 19.6 Å². The first-order valence-electron chi connectivity index (χ1n) is 10.9. The van der Waals surface area contributed by atoms with Crippen LogP contribution in [0.3, 0.4) is 0 Å². The van der Waals surface area contributed by atoms with Gasteiger partial charge in [0, 0.05) is 18.7 Å². The highest BCUT2D eigenvalue weighted by Gasteiger charge is 2.50. The fourth-order valence-corrected chi connectivity index (χ4v) is 5.12. The monoisotopic (exact) mass is 430 g/mol. The highest BCUT2D eigenvalue weighted by molar-refractivity contribution is 5.79. The first-order chi connectivity index (χ1) is 15.0. The number of aromatic nitrogens is 2. The van der Waals surface area contributed by atoms with Gasteiger partial charge in [0.2, 0.25) is 0 Å². The maximum absolute atomic E-state index is 14.8. The van der Waals surface area contributed by atoms with Crippen molar-refractivity contribution < 1.29 is 23.8 Å². The van der Waals surface area contributed by atoms with Crippen LogP contribution in [0.5, 0.6) is 0 Å². The van der Waals surface area contributed by atoms with Gasteiger partial charge in [-0.1, -0.05) is 0 Å². The van der Waals surface area contributed by atoms with Crippen LogP contribution in [0.4, 0.5) is 15.0 Å². The van der Waals surface area contributed by atoms with Crippen LogP contribution in [0.25, 0.3) is 11.0 Å². The van der Waals surface area contributed by atoms with Gasteiger partial charge < -0.3 is 24.8 Å². The molecule has 3 saturated heterocycles. The molecule has 0 unspecified atom stereocenters. The summed E-state index contributed by atoms with van der Waals surface area (Å²) in [6.45, 7) is 3.22. The number of nitrogens with one attached hydrogen (secondary N) is 1. The van der Waals surface area contributed by atoms with Crippen molar-refractivity contribution in [2.45, 2.75) is 49.7 Å². The summed E-state index contributed by atoms with van der Waals surface area (Å²) in [5.74, 6) is 0.475. The smallest absolute Gasteiger partial charge is 0.405 e. The summed E-state index contributed by atoms with van der Waals surface area (Å²) in [4.78, 5) is 22.3. The molecule has 31 heavy (non-hydrogen) atoms. The van der Waals surface area contributed by atoms with E-state index >= 15 is 0 Å². The fourth-order valence-electron chi connectivity index (χ4n) is 5.12. The van der Waals surface area contributed by atoms with Crippen molar-refractivity contribution in [3.8, 4) is 0 Å². The second-order valence-electron chi connectivity index (χ2n) is 8.90. The van der Waals surface area contributed by atoms with E-state index in [1.165, 1.54) is 6.20 Å². The second kappa shape index (κ2) is 7.87. The van der Waals surface area contributed by atoms with Crippen molar-refractivity contribution in [1.29, 1.82) is 0 Å². The van der Waals surface area contributed by atoms with Crippen molar-refractivity contribution in [2.75, 3.05) is 37.8 Å². The molecule has 0 spiro atoms. The first kappa shape index (κ1) is 20.4. The maximum Gasteiger partial charge on any atom is 0.405 e. The lowest BCUT2D eigenvalue weighted by Crippen LogP contribution is -2.62. The molecule has 5 heterocycles. The number of anilines is 1. The molecule has 2 bridgehead atoms. The number of nitrogens with zero attached hydrogens (tertiary/aromatic N) is 3. The summed E-state index contributed by atoms with van der Waals surface area (Å²) in [7, 11) is 0. The average molecular weight is 430 g/mol. The van der Waals surface area contributed by atoms with Gasteiger partial charge in [0.25, 0.3) is 0 Å². The Morgan fingerprint density at radius 3 is 2.68 bits per heavy atom. The van der Waals surface area contributed by atoms with Gasteiger partial charge in [-0.3, -0.25) is 4.98 Å². The Bertz CT molecular complexity index is 970. The number of carbonyl (C=O) groups is 1. The lowest BCUT2D eigenvalue weighted by molar-refractivity contribution is -0.162. The minimum atomic E-state index is -1.01. The van der Waals surface area contributed by atoms with Crippen molar-refractivity contribution in [3.63, 3.8) is 0 Å². The highest BCUT2D eigenvalue weighted by atomic mass is 19.1. The van der Waals surface area contributed by atoms with E-state index < -0.39 is 11.6 Å². The molecule has 2 aromatic rings. The molecule has 1 aliphatic carbocycles. The van der Waals surface area contributed by atoms with Gasteiger partial charge in [-0.2, -0.15) is 0 Å². The van der Waals surface area contributed by atoms with Crippen LogP contribution in [0, 0.1) is 5.82 Å². The molecule has 4 aliphatic rings. The summed E-state index contributed by atoms with van der Waals surface area (Å²) in [5.41, 5.74) is 1.06. The minimum Gasteiger partial charge on any atom is -0.465 e. The van der Waals surface area contributed by atoms with Gasteiger partial charge in [-0.25, -0.2) is 14.2 Å². The minimum absolute atomic E-state index is 0.328. The molecule has 8 nitrogen and oxygen atoms in total. The van der Waals surface area contributed by atoms with E-state index in [1.54, 1.807) is 0 Å². The van der Waals surface area contributed by atoms with Crippen molar-refractivity contribution >= 4 is 22.9 Å². The Kier molecular flexibility index (Phi) is 5.18. The normalized spacial score (nSPS) is 28.1. The van der Waals surface area contributed by atoms with Crippen LogP contribution in [-0.2, 0) is 15.9 Å². The van der Waals surface area contributed by atoms with Crippen molar-refractivity contribution in [2.24, 2.45) is 0 Å². The molecule has 2 aromatic heterocycles. The number of fused-ring (bicyclic) bond motifs is 4. The maximum atomic E-state index is 14.8. The van der Waals surface area contributed by atoms with E-state index in [9.17, 15) is 9.18 Å². The zero-order chi connectivity index (χ0) is 21.5. The number of hydrogen-bond donors (Lipinski definition) is 2. The van der Waals surface area contributed by atoms with Crippen molar-refractivity contribution in [1.82, 2.24) is 15.3 Å². The fraction of sp³-hybridized carbons (Fsp3) is 0.591. The summed E-state index contributed by atoms with van der Waals surface area (Å²) < 4.78 is 26.4. The third kappa shape index (κ3) is 3.92. The molecule has 4 fully saturated rings. The molecule has 1 saturated carbocycles. The van der Waals surface area contributed by atoms with Crippen molar-refractivity contribution in [3.05, 3.63) is 29.7 Å². The Morgan fingerprint density at radius 1 is 1.23 bits per heavy atom. The predicted octanol–water partition coefficient (Wildman–Crippen LogP) is 2.89. The third-order valence-corrected chi connectivity index (χ3v) is 7.06. The molecule has 0 atom stereocenters. The number of morpholine rings is 1. The molecule has 9 heteroatoms. The molecule has 0 radical (unpaired) electrons. The topological polar surface area (TPSA) is 96.8 Å². The Morgan fingerprint density at radius 2 is 2.00 bits per heavy atom. The average Bonchev–Trinajstić information content (AvgIpc) is 2.79. The molecule has 6 rings (SSSR count). The lowest BCUT2D eigenvalue weighted by Gasteiger charge is -2.53. The lowest BCUT2D eigenvalue weighted by atomic mass is 9.69. The van der Waals surface area contributed by atoms with Crippen LogP contribution >= 0.6 is 0 Å². The van der Waals surface area contributed by atoms with E-state index in [-0.39, 0.29) is 11.4 Å². The first-order valence-corrected chi connectivity index (χ1v) is 10.9. The number of halogens is 1. The predicted molar refractivity (Wildman–Crippen MR) is 112 cm³/mol. The molecular formula is C22H27FN4O4. The van der Waals surface area contributed by atoms with E-state index in [0.29, 0.717) is 49.3 Å². The summed E-state index contributed by atoms with van der Waals surface area (Å²) in [6.07, 6.45) is 4.48. The van der Waals surface area contributed by atoms with Crippen LogP contribution < -0.4 is 10.2 Å². The van der Waals surface area contributed by atoms with Gasteiger partial charge in [-0.05, 0) is 50.7 Å². The Hall–Kier alpha value is -2.52. The summed E-state index contributed by atoms with van der Waals surface area (Å²) in [6, 6.07) is 3.83. The van der Waals surface area contributed by atoms with Gasteiger partial charge in [0.1, 0.15) is 11.6 Å².